The lowest BCUT2D eigenvalue weighted by molar-refractivity contribution is 0.0694. The minimum absolute atomic E-state index is 0.0662. The van der Waals surface area contributed by atoms with Crippen molar-refractivity contribution in [2.75, 3.05) is 33.3 Å². The van der Waals surface area contributed by atoms with Gasteiger partial charge in [-0.05, 0) is 45.9 Å². The molecule has 1 aromatic carbocycles. The Hall–Kier alpha value is -2.10. The van der Waals surface area contributed by atoms with Gasteiger partial charge in [0.25, 0.3) is 5.91 Å². The number of piperazine rings is 1. The van der Waals surface area contributed by atoms with Crippen LogP contribution in [0.1, 0.15) is 41.6 Å². The van der Waals surface area contributed by atoms with Crippen LogP contribution in [0.2, 0.25) is 5.02 Å². The quantitative estimate of drug-likeness (QED) is 0.693. The number of hydrogen-bond acceptors (Lipinski definition) is 5. The molecule has 2 aromatic rings. The van der Waals surface area contributed by atoms with Crippen molar-refractivity contribution in [1.82, 2.24) is 19.0 Å². The first-order chi connectivity index (χ1) is 14.1. The zero-order chi connectivity index (χ0) is 22.2. The molecular formula is C20H27ClN4O4S. The molecule has 1 aromatic heterocycles. The Balaban J connectivity index is 1.78. The van der Waals surface area contributed by atoms with Crippen molar-refractivity contribution < 1.29 is 17.9 Å². The van der Waals surface area contributed by atoms with Crippen LogP contribution in [0.4, 0.5) is 0 Å². The lowest BCUT2D eigenvalue weighted by Crippen LogP contribution is -2.50. The van der Waals surface area contributed by atoms with E-state index in [1.165, 1.54) is 11.4 Å². The van der Waals surface area contributed by atoms with Gasteiger partial charge in [0.1, 0.15) is 10.6 Å². The minimum Gasteiger partial charge on any atom is -0.496 e. The van der Waals surface area contributed by atoms with E-state index in [9.17, 15) is 13.2 Å². The highest BCUT2D eigenvalue weighted by Gasteiger charge is 2.35. The Kier molecular flexibility index (Phi) is 6.45. The Morgan fingerprint density at radius 1 is 1.17 bits per heavy atom. The molecular weight excluding hydrogens is 428 g/mol. The van der Waals surface area contributed by atoms with Gasteiger partial charge in [0, 0.05) is 37.2 Å². The van der Waals surface area contributed by atoms with Crippen molar-refractivity contribution in [2.45, 2.75) is 38.6 Å². The number of hydrogen-bond donors (Lipinski definition) is 0. The molecule has 2 heterocycles. The third-order valence-electron chi connectivity index (χ3n) is 5.27. The van der Waals surface area contributed by atoms with Crippen molar-refractivity contribution in [1.29, 1.82) is 0 Å². The predicted molar refractivity (Wildman–Crippen MR) is 115 cm³/mol. The zero-order valence-electron chi connectivity index (χ0n) is 17.8. The second-order valence-corrected chi connectivity index (χ2v) is 9.89. The maximum absolute atomic E-state index is 13.3. The number of nitrogens with zero attached hydrogens (tertiary/aromatic N) is 4. The number of methoxy groups -OCH3 is 1. The highest BCUT2D eigenvalue weighted by Crippen LogP contribution is 2.28. The number of aryl methyl sites for hydroxylation is 1. The van der Waals surface area contributed by atoms with E-state index in [1.807, 2.05) is 13.8 Å². The number of sulfonamides is 1. The largest absolute Gasteiger partial charge is 0.496 e. The number of aromatic nitrogens is 2. The standard InChI is InChI=1S/C20H27ClN4O4S/c1-13(2)25-15(4)19(14(3)22-25)30(27,28)24-10-8-23(9-11-24)20(26)17-7-6-16(21)12-18(17)29-5/h6-7,12-13H,8-11H2,1-5H3. The van der Waals surface area contributed by atoms with E-state index in [1.54, 1.807) is 41.6 Å². The summed E-state index contributed by atoms with van der Waals surface area (Å²) < 4.78 is 35.0. The van der Waals surface area contributed by atoms with Crippen LogP contribution in [0.25, 0.3) is 0 Å². The Labute approximate surface area is 182 Å². The molecule has 164 valence electrons. The van der Waals surface area contributed by atoms with Gasteiger partial charge < -0.3 is 9.64 Å². The first-order valence-electron chi connectivity index (χ1n) is 9.76. The molecule has 8 nitrogen and oxygen atoms in total. The van der Waals surface area contributed by atoms with Gasteiger partial charge in [-0.3, -0.25) is 9.48 Å². The summed E-state index contributed by atoms with van der Waals surface area (Å²) >= 11 is 5.98. The number of benzene rings is 1. The van der Waals surface area contributed by atoms with E-state index >= 15 is 0 Å². The third kappa shape index (κ3) is 4.06. The van der Waals surface area contributed by atoms with Crippen LogP contribution in [-0.4, -0.2) is 66.6 Å². The third-order valence-corrected chi connectivity index (χ3v) is 7.65. The van der Waals surface area contributed by atoms with Crippen molar-refractivity contribution in [3.63, 3.8) is 0 Å². The van der Waals surface area contributed by atoms with E-state index in [0.717, 1.165) is 0 Å². The highest BCUT2D eigenvalue weighted by molar-refractivity contribution is 7.89. The molecule has 1 aliphatic heterocycles. The number of carbonyl (C=O) groups is 1. The van der Waals surface area contributed by atoms with Gasteiger partial charge in [-0.25, -0.2) is 8.42 Å². The fraction of sp³-hybridized carbons (Fsp3) is 0.500. The summed E-state index contributed by atoms with van der Waals surface area (Å²) in [6, 6.07) is 4.92. The Morgan fingerprint density at radius 3 is 2.33 bits per heavy atom. The van der Waals surface area contributed by atoms with Crippen LogP contribution in [0.15, 0.2) is 23.1 Å². The fourth-order valence-corrected chi connectivity index (χ4v) is 5.74. The molecule has 0 N–H and O–H groups in total. The van der Waals surface area contributed by atoms with Crippen LogP contribution in [-0.2, 0) is 10.0 Å². The highest BCUT2D eigenvalue weighted by atomic mass is 35.5. The van der Waals surface area contributed by atoms with Gasteiger partial charge in [0.05, 0.1) is 24.1 Å². The summed E-state index contributed by atoms with van der Waals surface area (Å²) in [7, 11) is -2.22. The van der Waals surface area contributed by atoms with Crippen LogP contribution < -0.4 is 4.74 Å². The Bertz CT molecular complexity index is 1060. The number of halogens is 1. The Morgan fingerprint density at radius 2 is 1.80 bits per heavy atom. The number of ether oxygens (including phenoxy) is 1. The first-order valence-corrected chi connectivity index (χ1v) is 11.6. The molecule has 0 aliphatic carbocycles. The van der Waals surface area contributed by atoms with Crippen molar-refractivity contribution in [3.05, 3.63) is 40.2 Å². The molecule has 1 saturated heterocycles. The second kappa shape index (κ2) is 8.56. The molecule has 10 heteroatoms. The van der Waals surface area contributed by atoms with Crippen LogP contribution >= 0.6 is 11.6 Å². The average molecular weight is 455 g/mol. The zero-order valence-corrected chi connectivity index (χ0v) is 19.4. The summed E-state index contributed by atoms with van der Waals surface area (Å²) in [5.74, 6) is 0.190. The molecule has 1 aliphatic rings. The molecule has 0 atom stereocenters. The summed E-state index contributed by atoms with van der Waals surface area (Å²) in [4.78, 5) is 14.8. The SMILES string of the molecule is COc1cc(Cl)ccc1C(=O)N1CCN(S(=O)(=O)c2c(C)nn(C(C)C)c2C)CC1. The summed E-state index contributed by atoms with van der Waals surface area (Å²) in [6.45, 7) is 8.44. The van der Waals surface area contributed by atoms with Crippen molar-refractivity contribution in [2.24, 2.45) is 0 Å². The summed E-state index contributed by atoms with van der Waals surface area (Å²) in [5.41, 5.74) is 1.53. The van der Waals surface area contributed by atoms with Crippen LogP contribution in [0, 0.1) is 13.8 Å². The fourth-order valence-electron chi connectivity index (χ4n) is 3.80. The molecule has 1 amide bonds. The minimum atomic E-state index is -3.70. The predicted octanol–water partition coefficient (Wildman–Crippen LogP) is 2.89. The van der Waals surface area contributed by atoms with Gasteiger partial charge in [0.2, 0.25) is 10.0 Å². The summed E-state index contributed by atoms with van der Waals surface area (Å²) in [6.07, 6.45) is 0. The smallest absolute Gasteiger partial charge is 0.257 e. The molecule has 30 heavy (non-hydrogen) atoms. The monoisotopic (exact) mass is 454 g/mol. The van der Waals surface area contributed by atoms with Crippen LogP contribution in [0.5, 0.6) is 5.75 Å². The van der Waals surface area contributed by atoms with Gasteiger partial charge >= 0.3 is 0 Å². The second-order valence-electron chi connectivity index (χ2n) is 7.58. The number of amides is 1. The molecule has 0 radical (unpaired) electrons. The van der Waals surface area contributed by atoms with Crippen molar-refractivity contribution in [3.8, 4) is 5.75 Å². The first kappa shape index (κ1) is 22.6. The average Bonchev–Trinajstić information content (AvgIpc) is 3.02. The molecule has 0 spiro atoms. The van der Waals surface area contributed by atoms with Gasteiger partial charge in [-0.1, -0.05) is 11.6 Å². The molecule has 0 unspecified atom stereocenters. The maximum Gasteiger partial charge on any atom is 0.257 e. The lowest BCUT2D eigenvalue weighted by atomic mass is 10.1. The van der Waals surface area contributed by atoms with E-state index in [2.05, 4.69) is 5.10 Å². The normalized spacial score (nSPS) is 15.6. The van der Waals surface area contributed by atoms with E-state index in [4.69, 9.17) is 16.3 Å². The molecule has 1 fully saturated rings. The van der Waals surface area contributed by atoms with Crippen molar-refractivity contribution >= 4 is 27.5 Å². The molecule has 0 saturated carbocycles. The number of carbonyl (C=O) groups excluding carboxylic acids is 1. The van der Waals surface area contributed by atoms with Gasteiger partial charge in [0.15, 0.2) is 0 Å². The van der Waals surface area contributed by atoms with E-state index < -0.39 is 10.0 Å². The van der Waals surface area contributed by atoms with E-state index in [-0.39, 0.29) is 29.9 Å². The van der Waals surface area contributed by atoms with Gasteiger partial charge in [-0.15, -0.1) is 0 Å². The molecule has 0 bridgehead atoms. The van der Waals surface area contributed by atoms with E-state index in [0.29, 0.717) is 40.8 Å². The van der Waals surface area contributed by atoms with Gasteiger partial charge in [-0.2, -0.15) is 9.40 Å². The topological polar surface area (TPSA) is 84.7 Å². The molecule has 3 rings (SSSR count). The van der Waals surface area contributed by atoms with Crippen LogP contribution in [0.3, 0.4) is 0 Å². The summed E-state index contributed by atoms with van der Waals surface area (Å²) in [5, 5.41) is 4.88. The lowest BCUT2D eigenvalue weighted by Gasteiger charge is -2.34. The number of rotatable bonds is 5. The maximum atomic E-state index is 13.3.